The average molecular weight is 359 g/mol. The summed E-state index contributed by atoms with van der Waals surface area (Å²) in [6.07, 6.45) is 1.98. The fourth-order valence-corrected chi connectivity index (χ4v) is 3.58. The van der Waals surface area contributed by atoms with Crippen molar-refractivity contribution in [1.82, 2.24) is 15.5 Å². The lowest BCUT2D eigenvalue weighted by Gasteiger charge is -2.26. The zero-order valence-electron chi connectivity index (χ0n) is 15.3. The standard InChI is InChI=1S/C20H29N3O3/c24-19(13-16-5-2-1-3-6-16)17-14-18(22-15-17)20(25)21-7-4-8-23-9-11-26-12-10-23/h1-3,5-6,17-18,22H,4,7-15H2,(H,21,25). The minimum absolute atomic E-state index is 0.0157. The molecule has 0 saturated carbocycles. The van der Waals surface area contributed by atoms with Gasteiger partial charge in [0, 0.05) is 38.5 Å². The quantitative estimate of drug-likeness (QED) is 0.666. The highest BCUT2D eigenvalue weighted by Gasteiger charge is 2.33. The number of amides is 1. The first-order valence-corrected chi connectivity index (χ1v) is 9.60. The Labute approximate surface area is 155 Å². The van der Waals surface area contributed by atoms with Crippen molar-refractivity contribution in [2.45, 2.75) is 25.3 Å². The Bertz CT molecular complexity index is 587. The number of hydrogen-bond acceptors (Lipinski definition) is 5. The van der Waals surface area contributed by atoms with Crippen molar-refractivity contribution < 1.29 is 14.3 Å². The molecule has 2 fully saturated rings. The first-order valence-electron chi connectivity index (χ1n) is 9.60. The Morgan fingerprint density at radius 1 is 1.19 bits per heavy atom. The van der Waals surface area contributed by atoms with E-state index >= 15 is 0 Å². The van der Waals surface area contributed by atoms with E-state index in [1.54, 1.807) is 0 Å². The maximum atomic E-state index is 12.4. The number of carbonyl (C=O) groups is 2. The van der Waals surface area contributed by atoms with Crippen molar-refractivity contribution >= 4 is 11.7 Å². The number of benzene rings is 1. The Kier molecular flexibility index (Phi) is 7.17. The molecule has 6 heteroatoms. The molecule has 26 heavy (non-hydrogen) atoms. The first kappa shape index (κ1) is 19.0. The van der Waals surface area contributed by atoms with E-state index in [1.165, 1.54) is 0 Å². The Morgan fingerprint density at radius 2 is 1.96 bits per heavy atom. The Balaban J connectivity index is 1.33. The van der Waals surface area contributed by atoms with Crippen LogP contribution in [0.3, 0.4) is 0 Å². The zero-order valence-corrected chi connectivity index (χ0v) is 15.3. The lowest BCUT2D eigenvalue weighted by Crippen LogP contribution is -2.42. The summed E-state index contributed by atoms with van der Waals surface area (Å²) in [5.41, 5.74) is 1.04. The summed E-state index contributed by atoms with van der Waals surface area (Å²) in [7, 11) is 0. The molecule has 1 aromatic rings. The number of morpholine rings is 1. The van der Waals surface area contributed by atoms with Crippen LogP contribution in [0.15, 0.2) is 30.3 Å². The summed E-state index contributed by atoms with van der Waals surface area (Å²) in [5, 5.41) is 6.21. The minimum atomic E-state index is -0.247. The van der Waals surface area contributed by atoms with E-state index in [9.17, 15) is 9.59 Å². The molecule has 0 aliphatic carbocycles. The topological polar surface area (TPSA) is 70.7 Å². The molecule has 2 unspecified atom stereocenters. The van der Waals surface area contributed by atoms with Gasteiger partial charge in [-0.15, -0.1) is 0 Å². The molecule has 1 aromatic carbocycles. The van der Waals surface area contributed by atoms with E-state index in [4.69, 9.17) is 4.74 Å². The summed E-state index contributed by atoms with van der Waals surface area (Å²) in [4.78, 5) is 27.1. The smallest absolute Gasteiger partial charge is 0.237 e. The highest BCUT2D eigenvalue weighted by atomic mass is 16.5. The van der Waals surface area contributed by atoms with Gasteiger partial charge in [0.1, 0.15) is 5.78 Å². The number of ketones is 1. The summed E-state index contributed by atoms with van der Waals surface area (Å²) >= 11 is 0. The van der Waals surface area contributed by atoms with E-state index in [0.29, 0.717) is 25.9 Å². The van der Waals surface area contributed by atoms with Gasteiger partial charge < -0.3 is 15.4 Å². The molecule has 0 aromatic heterocycles. The second-order valence-electron chi connectivity index (χ2n) is 7.12. The zero-order chi connectivity index (χ0) is 18.2. The molecular weight excluding hydrogens is 330 g/mol. The third kappa shape index (κ3) is 5.62. The number of hydrogen-bond donors (Lipinski definition) is 2. The predicted molar refractivity (Wildman–Crippen MR) is 99.9 cm³/mol. The minimum Gasteiger partial charge on any atom is -0.379 e. The van der Waals surface area contributed by atoms with Crippen LogP contribution in [0.25, 0.3) is 0 Å². The molecule has 2 N–H and O–H groups in total. The average Bonchev–Trinajstić information content (AvgIpc) is 3.17. The van der Waals surface area contributed by atoms with Crippen molar-refractivity contribution in [1.29, 1.82) is 0 Å². The van der Waals surface area contributed by atoms with Crippen LogP contribution in [0, 0.1) is 5.92 Å². The molecule has 2 heterocycles. The largest absolute Gasteiger partial charge is 0.379 e. The van der Waals surface area contributed by atoms with Gasteiger partial charge in [0.2, 0.25) is 5.91 Å². The Hall–Kier alpha value is -1.76. The van der Waals surface area contributed by atoms with Crippen LogP contribution in [0.2, 0.25) is 0 Å². The number of nitrogens with one attached hydrogen (secondary N) is 2. The molecule has 1 amide bonds. The van der Waals surface area contributed by atoms with Crippen molar-refractivity contribution in [2.24, 2.45) is 5.92 Å². The molecule has 0 bridgehead atoms. The highest BCUT2D eigenvalue weighted by molar-refractivity contribution is 5.87. The van der Waals surface area contributed by atoms with Crippen LogP contribution >= 0.6 is 0 Å². The molecule has 2 atom stereocenters. The molecular formula is C20H29N3O3. The van der Waals surface area contributed by atoms with E-state index in [2.05, 4.69) is 15.5 Å². The normalized spacial score (nSPS) is 23.7. The van der Waals surface area contributed by atoms with Gasteiger partial charge in [-0.05, 0) is 24.9 Å². The van der Waals surface area contributed by atoms with Crippen molar-refractivity contribution in [3.8, 4) is 0 Å². The van der Waals surface area contributed by atoms with Crippen LogP contribution in [-0.4, -0.2) is 68.6 Å². The van der Waals surface area contributed by atoms with Gasteiger partial charge in [-0.2, -0.15) is 0 Å². The third-order valence-corrected chi connectivity index (χ3v) is 5.18. The van der Waals surface area contributed by atoms with Gasteiger partial charge >= 0.3 is 0 Å². The SMILES string of the molecule is O=C(Cc1ccccc1)C1CNC(C(=O)NCCCN2CCOCC2)C1. The summed E-state index contributed by atoms with van der Waals surface area (Å²) in [5.74, 6) is 0.160. The van der Waals surface area contributed by atoms with E-state index < -0.39 is 0 Å². The molecule has 2 saturated heterocycles. The number of nitrogens with zero attached hydrogens (tertiary/aromatic N) is 1. The van der Waals surface area contributed by atoms with Gasteiger partial charge in [-0.25, -0.2) is 0 Å². The summed E-state index contributed by atoms with van der Waals surface area (Å²) in [6, 6.07) is 9.54. The van der Waals surface area contributed by atoms with E-state index in [-0.39, 0.29) is 23.7 Å². The van der Waals surface area contributed by atoms with Gasteiger partial charge in [0.15, 0.2) is 0 Å². The van der Waals surface area contributed by atoms with Crippen molar-refractivity contribution in [2.75, 3.05) is 45.9 Å². The summed E-state index contributed by atoms with van der Waals surface area (Å²) in [6.45, 7) is 5.81. The van der Waals surface area contributed by atoms with Gasteiger partial charge in [-0.1, -0.05) is 30.3 Å². The molecule has 0 spiro atoms. The lowest BCUT2D eigenvalue weighted by atomic mass is 9.95. The number of carbonyl (C=O) groups excluding carboxylic acids is 2. The molecule has 3 rings (SSSR count). The summed E-state index contributed by atoms with van der Waals surface area (Å²) < 4.78 is 5.33. The van der Waals surface area contributed by atoms with Gasteiger partial charge in [-0.3, -0.25) is 14.5 Å². The van der Waals surface area contributed by atoms with Crippen LogP contribution in [0.5, 0.6) is 0 Å². The maximum absolute atomic E-state index is 12.4. The number of ether oxygens (including phenoxy) is 1. The van der Waals surface area contributed by atoms with Gasteiger partial charge in [0.25, 0.3) is 0 Å². The second kappa shape index (κ2) is 9.80. The fourth-order valence-electron chi connectivity index (χ4n) is 3.58. The van der Waals surface area contributed by atoms with E-state index in [0.717, 1.165) is 44.8 Å². The highest BCUT2D eigenvalue weighted by Crippen LogP contribution is 2.17. The number of Topliss-reactive ketones (excluding diaryl/α,β-unsaturated/α-hetero) is 1. The second-order valence-corrected chi connectivity index (χ2v) is 7.12. The van der Waals surface area contributed by atoms with Crippen LogP contribution in [0.1, 0.15) is 18.4 Å². The molecule has 2 aliphatic rings. The molecule has 142 valence electrons. The predicted octanol–water partition coefficient (Wildman–Crippen LogP) is 0.615. The maximum Gasteiger partial charge on any atom is 0.237 e. The lowest BCUT2D eigenvalue weighted by molar-refractivity contribution is -0.123. The van der Waals surface area contributed by atoms with Crippen LogP contribution < -0.4 is 10.6 Å². The van der Waals surface area contributed by atoms with Crippen LogP contribution in [0.4, 0.5) is 0 Å². The van der Waals surface area contributed by atoms with Crippen molar-refractivity contribution in [3.05, 3.63) is 35.9 Å². The monoisotopic (exact) mass is 359 g/mol. The molecule has 2 aliphatic heterocycles. The van der Waals surface area contributed by atoms with E-state index in [1.807, 2.05) is 30.3 Å². The van der Waals surface area contributed by atoms with Crippen LogP contribution in [-0.2, 0) is 20.7 Å². The van der Waals surface area contributed by atoms with Gasteiger partial charge in [0.05, 0.1) is 19.3 Å². The molecule has 6 nitrogen and oxygen atoms in total. The number of rotatable bonds is 8. The Morgan fingerprint density at radius 3 is 2.73 bits per heavy atom. The first-order chi connectivity index (χ1) is 12.7. The third-order valence-electron chi connectivity index (χ3n) is 5.18. The van der Waals surface area contributed by atoms with Crippen molar-refractivity contribution in [3.63, 3.8) is 0 Å². The fraction of sp³-hybridized carbons (Fsp3) is 0.600. The molecule has 0 radical (unpaired) electrons.